The number of benzene rings is 2. The van der Waals surface area contributed by atoms with E-state index in [0.717, 1.165) is 25.1 Å². The number of ether oxygens (including phenoxy) is 2. The maximum absolute atomic E-state index is 5.92. The summed E-state index contributed by atoms with van der Waals surface area (Å²) in [6.07, 6.45) is 2.15. The van der Waals surface area contributed by atoms with Crippen molar-refractivity contribution in [1.82, 2.24) is 4.90 Å². The fraction of sp³-hybridized carbons (Fsp3) is 0.478. The van der Waals surface area contributed by atoms with Crippen LogP contribution in [0.2, 0.25) is 0 Å². The first-order valence-electron chi connectivity index (χ1n) is 9.69. The van der Waals surface area contributed by atoms with Gasteiger partial charge in [0, 0.05) is 24.4 Å². The number of para-hydroxylation sites is 1. The van der Waals surface area contributed by atoms with E-state index in [1.54, 1.807) is 7.11 Å². The van der Waals surface area contributed by atoms with Crippen molar-refractivity contribution in [2.75, 3.05) is 28.0 Å². The summed E-state index contributed by atoms with van der Waals surface area (Å²) in [6, 6.07) is 15.4. The summed E-state index contributed by atoms with van der Waals surface area (Å²) >= 11 is 0. The average Bonchev–Trinajstić information content (AvgIpc) is 2.66. The van der Waals surface area contributed by atoms with Gasteiger partial charge in [-0.15, -0.1) is 0 Å². The minimum Gasteiger partial charge on any atom is -0.467 e. The third kappa shape index (κ3) is 5.54. The van der Waals surface area contributed by atoms with Gasteiger partial charge in [0.1, 0.15) is 5.75 Å². The fourth-order valence-corrected chi connectivity index (χ4v) is 5.25. The van der Waals surface area contributed by atoms with Crippen LogP contribution in [0, 0.1) is 6.92 Å². The number of hydrogen-bond acceptors (Lipinski definition) is 3. The Morgan fingerprint density at radius 2 is 1.74 bits per heavy atom. The smallest absolute Gasteiger partial charge is 0.188 e. The molecular formula is C23H34NO2P. The van der Waals surface area contributed by atoms with Gasteiger partial charge in [-0.05, 0) is 50.8 Å². The second-order valence-electron chi connectivity index (χ2n) is 7.36. The van der Waals surface area contributed by atoms with Crippen LogP contribution < -0.4 is 10.0 Å². The lowest BCUT2D eigenvalue weighted by molar-refractivity contribution is 0.0499. The van der Waals surface area contributed by atoms with Crippen LogP contribution in [-0.4, -0.2) is 32.9 Å². The summed E-state index contributed by atoms with van der Waals surface area (Å²) in [5.41, 5.74) is 4.05. The summed E-state index contributed by atoms with van der Waals surface area (Å²) in [6.45, 7) is 8.01. The first-order valence-corrected chi connectivity index (χ1v) is 10.7. The van der Waals surface area contributed by atoms with Crippen molar-refractivity contribution in [1.29, 1.82) is 0 Å². The average molecular weight is 388 g/mol. The molecule has 0 spiro atoms. The van der Waals surface area contributed by atoms with Crippen molar-refractivity contribution < 1.29 is 9.47 Å². The van der Waals surface area contributed by atoms with E-state index in [2.05, 4.69) is 76.2 Å². The van der Waals surface area contributed by atoms with E-state index >= 15 is 0 Å². The molecule has 1 unspecified atom stereocenters. The Morgan fingerprint density at radius 1 is 1.04 bits per heavy atom. The van der Waals surface area contributed by atoms with Crippen molar-refractivity contribution >= 4 is 13.9 Å². The van der Waals surface area contributed by atoms with E-state index in [9.17, 15) is 0 Å². The summed E-state index contributed by atoms with van der Waals surface area (Å²) in [5, 5.41) is 1.53. The van der Waals surface area contributed by atoms with Gasteiger partial charge in [0.2, 0.25) is 0 Å². The highest BCUT2D eigenvalue weighted by molar-refractivity contribution is 7.48. The Kier molecular flexibility index (Phi) is 8.28. The van der Waals surface area contributed by atoms with E-state index in [-0.39, 0.29) is 11.9 Å². The quantitative estimate of drug-likeness (QED) is 0.420. The first-order chi connectivity index (χ1) is 13.0. The molecule has 2 rings (SSSR count). The van der Waals surface area contributed by atoms with Crippen molar-refractivity contribution in [3.63, 3.8) is 0 Å². The molecule has 0 saturated heterocycles. The second-order valence-corrected chi connectivity index (χ2v) is 9.11. The SMILES string of the molecule is CCC(CC)(Pc1ccc(C)cc1CN(C)C)c1ccccc1OCOC. The molecule has 0 bridgehead atoms. The molecule has 0 aromatic heterocycles. The maximum atomic E-state index is 5.92. The van der Waals surface area contributed by atoms with Gasteiger partial charge >= 0.3 is 0 Å². The zero-order chi connectivity index (χ0) is 19.9. The summed E-state index contributed by atoms with van der Waals surface area (Å²) in [7, 11) is 6.63. The van der Waals surface area contributed by atoms with Crippen LogP contribution in [0.5, 0.6) is 5.75 Å². The maximum Gasteiger partial charge on any atom is 0.188 e. The van der Waals surface area contributed by atoms with Crippen molar-refractivity contribution in [3.8, 4) is 5.75 Å². The highest BCUT2D eigenvalue weighted by Crippen LogP contribution is 2.50. The Balaban J connectivity index is 2.47. The Hall–Kier alpha value is -1.41. The molecule has 2 aromatic rings. The van der Waals surface area contributed by atoms with E-state index < -0.39 is 0 Å². The molecule has 0 radical (unpaired) electrons. The van der Waals surface area contributed by atoms with Gasteiger partial charge in [-0.3, -0.25) is 0 Å². The largest absolute Gasteiger partial charge is 0.467 e. The normalized spacial score (nSPS) is 12.3. The molecule has 1 atom stereocenters. The van der Waals surface area contributed by atoms with Crippen LogP contribution in [0.3, 0.4) is 0 Å². The minimum absolute atomic E-state index is 0.0701. The molecule has 0 aliphatic rings. The predicted molar refractivity (Wildman–Crippen MR) is 118 cm³/mol. The molecule has 0 saturated carbocycles. The van der Waals surface area contributed by atoms with E-state index in [4.69, 9.17) is 9.47 Å². The standard InChI is InChI=1S/C23H34NO2P/c1-7-23(8-2,20-11-9-10-12-21(20)26-17-25-6)27-22-14-13-18(3)15-19(22)16-24(4)5/h9-15,27H,7-8,16-17H2,1-6H3. The predicted octanol–water partition coefficient (Wildman–Crippen LogP) is 5.06. The van der Waals surface area contributed by atoms with Gasteiger partial charge in [0.25, 0.3) is 0 Å². The van der Waals surface area contributed by atoms with Crippen LogP contribution in [0.15, 0.2) is 42.5 Å². The zero-order valence-corrected chi connectivity index (χ0v) is 18.6. The van der Waals surface area contributed by atoms with Crippen molar-refractivity contribution in [2.45, 2.75) is 45.3 Å². The molecule has 0 N–H and O–H groups in total. The van der Waals surface area contributed by atoms with Gasteiger partial charge in [-0.1, -0.05) is 64.4 Å². The third-order valence-corrected chi connectivity index (χ3v) is 7.28. The van der Waals surface area contributed by atoms with Crippen LogP contribution in [0.4, 0.5) is 0 Å². The lowest BCUT2D eigenvalue weighted by Gasteiger charge is -2.35. The van der Waals surface area contributed by atoms with E-state index in [1.807, 2.05) is 6.07 Å². The number of methoxy groups -OCH3 is 1. The number of hydrogen-bond donors (Lipinski definition) is 0. The topological polar surface area (TPSA) is 21.7 Å². The molecule has 148 valence electrons. The number of aryl methyl sites for hydroxylation is 1. The van der Waals surface area contributed by atoms with Crippen molar-refractivity contribution in [2.24, 2.45) is 0 Å². The second kappa shape index (κ2) is 10.2. The van der Waals surface area contributed by atoms with E-state index in [1.165, 1.54) is 22.0 Å². The molecule has 3 nitrogen and oxygen atoms in total. The fourth-order valence-electron chi connectivity index (χ4n) is 3.56. The molecule has 0 aliphatic heterocycles. The number of nitrogens with zero attached hydrogens (tertiary/aromatic N) is 1. The summed E-state index contributed by atoms with van der Waals surface area (Å²) < 4.78 is 11.1. The van der Waals surface area contributed by atoms with Gasteiger partial charge in [-0.2, -0.15) is 0 Å². The highest BCUT2D eigenvalue weighted by Gasteiger charge is 2.32. The van der Waals surface area contributed by atoms with Gasteiger partial charge < -0.3 is 14.4 Å². The van der Waals surface area contributed by atoms with Crippen molar-refractivity contribution in [3.05, 3.63) is 59.2 Å². The molecular weight excluding hydrogens is 353 g/mol. The lowest BCUT2D eigenvalue weighted by Crippen LogP contribution is -2.25. The molecule has 0 aliphatic carbocycles. The van der Waals surface area contributed by atoms with Crippen LogP contribution in [-0.2, 0) is 16.4 Å². The molecule has 0 fully saturated rings. The van der Waals surface area contributed by atoms with Crippen LogP contribution in [0.1, 0.15) is 43.4 Å². The molecule has 0 heterocycles. The third-order valence-electron chi connectivity index (χ3n) is 5.06. The highest BCUT2D eigenvalue weighted by atomic mass is 31.1. The lowest BCUT2D eigenvalue weighted by atomic mass is 9.92. The Bertz CT molecular complexity index is 726. The van der Waals surface area contributed by atoms with Gasteiger partial charge in [-0.25, -0.2) is 0 Å². The van der Waals surface area contributed by atoms with Crippen LogP contribution >= 0.6 is 8.58 Å². The number of rotatable bonds is 10. The molecule has 27 heavy (non-hydrogen) atoms. The molecule has 4 heteroatoms. The zero-order valence-electron chi connectivity index (χ0n) is 17.6. The summed E-state index contributed by atoms with van der Waals surface area (Å²) in [4.78, 5) is 2.25. The minimum atomic E-state index is 0.0701. The Labute approximate surface area is 166 Å². The molecule has 0 amide bonds. The molecule has 2 aromatic carbocycles. The van der Waals surface area contributed by atoms with Crippen LogP contribution in [0.25, 0.3) is 0 Å². The Morgan fingerprint density at radius 3 is 2.37 bits per heavy atom. The first kappa shape index (κ1) is 21.9. The monoisotopic (exact) mass is 387 g/mol. The summed E-state index contributed by atoms with van der Waals surface area (Å²) in [5.74, 6) is 0.942. The van der Waals surface area contributed by atoms with Gasteiger partial charge in [0.05, 0.1) is 0 Å². The van der Waals surface area contributed by atoms with Gasteiger partial charge in [0.15, 0.2) is 6.79 Å². The van der Waals surface area contributed by atoms with E-state index in [0.29, 0.717) is 8.58 Å².